The number of amides is 3. The maximum Gasteiger partial charge on any atom is 0.280 e. The number of imide groups is 1. The number of halogens is 2. The molecule has 0 bridgehead atoms. The Labute approximate surface area is 135 Å². The number of hydrogen-bond acceptors (Lipinski definition) is 3. The monoisotopic (exact) mass is 334 g/mol. The van der Waals surface area contributed by atoms with E-state index in [2.05, 4.69) is 5.43 Å². The summed E-state index contributed by atoms with van der Waals surface area (Å²) >= 11 is 11.6. The Balaban J connectivity index is 1.85. The van der Waals surface area contributed by atoms with Gasteiger partial charge in [0.15, 0.2) is 0 Å². The minimum absolute atomic E-state index is 0.161. The molecule has 0 saturated carbocycles. The van der Waals surface area contributed by atoms with Crippen molar-refractivity contribution in [3.63, 3.8) is 0 Å². The third-order valence-corrected chi connectivity index (χ3v) is 3.66. The van der Waals surface area contributed by atoms with E-state index in [1.54, 1.807) is 12.1 Å². The molecule has 0 aliphatic carbocycles. The molecule has 3 amide bonds. The molecule has 1 heterocycles. The van der Waals surface area contributed by atoms with Gasteiger partial charge in [0.25, 0.3) is 17.7 Å². The summed E-state index contributed by atoms with van der Waals surface area (Å²) in [6.07, 6.45) is 0. The third-order valence-electron chi connectivity index (χ3n) is 3.17. The van der Waals surface area contributed by atoms with Crippen molar-refractivity contribution in [1.29, 1.82) is 0 Å². The predicted octanol–water partition coefficient (Wildman–Crippen LogP) is 2.93. The standard InChI is InChI=1S/C15H8Cl2N2O3/c16-9-3-1-8(2-4-9)13(20)18-19-14(21)11-6-5-10(17)7-12(11)15(19)22/h1-7H,(H,18,20). The fourth-order valence-corrected chi connectivity index (χ4v) is 2.38. The minimum Gasteiger partial charge on any atom is -0.267 e. The second kappa shape index (κ2) is 5.44. The first-order valence-electron chi connectivity index (χ1n) is 6.22. The Bertz CT molecular complexity index is 803. The molecular weight excluding hydrogens is 327 g/mol. The highest BCUT2D eigenvalue weighted by Crippen LogP contribution is 2.24. The lowest BCUT2D eigenvalue weighted by Gasteiger charge is -2.14. The van der Waals surface area contributed by atoms with Crippen LogP contribution in [-0.2, 0) is 0 Å². The number of benzene rings is 2. The van der Waals surface area contributed by atoms with Crippen LogP contribution in [0.25, 0.3) is 0 Å². The van der Waals surface area contributed by atoms with E-state index < -0.39 is 17.7 Å². The second-order valence-corrected chi connectivity index (χ2v) is 5.46. The van der Waals surface area contributed by atoms with Crippen molar-refractivity contribution in [2.75, 3.05) is 0 Å². The number of nitrogens with one attached hydrogen (secondary N) is 1. The molecule has 2 aromatic carbocycles. The van der Waals surface area contributed by atoms with Gasteiger partial charge in [0, 0.05) is 15.6 Å². The molecule has 5 nitrogen and oxygen atoms in total. The lowest BCUT2D eigenvalue weighted by molar-refractivity contribution is 0.0518. The van der Waals surface area contributed by atoms with Gasteiger partial charge in [-0.2, -0.15) is 5.01 Å². The largest absolute Gasteiger partial charge is 0.280 e. The van der Waals surface area contributed by atoms with E-state index in [-0.39, 0.29) is 16.7 Å². The van der Waals surface area contributed by atoms with Crippen molar-refractivity contribution in [2.24, 2.45) is 0 Å². The lowest BCUT2D eigenvalue weighted by Crippen LogP contribution is -2.45. The molecule has 0 saturated heterocycles. The fraction of sp³-hybridized carbons (Fsp3) is 0. The fourth-order valence-electron chi connectivity index (χ4n) is 2.08. The number of carbonyl (C=O) groups is 3. The van der Waals surface area contributed by atoms with E-state index in [1.165, 1.54) is 30.3 Å². The zero-order valence-corrected chi connectivity index (χ0v) is 12.5. The van der Waals surface area contributed by atoms with E-state index in [0.29, 0.717) is 15.1 Å². The van der Waals surface area contributed by atoms with Gasteiger partial charge in [0.1, 0.15) is 0 Å². The van der Waals surface area contributed by atoms with Crippen molar-refractivity contribution in [1.82, 2.24) is 10.4 Å². The van der Waals surface area contributed by atoms with Crippen molar-refractivity contribution in [3.05, 3.63) is 69.2 Å². The Kier molecular flexibility index (Phi) is 3.60. The summed E-state index contributed by atoms with van der Waals surface area (Å²) < 4.78 is 0. The Morgan fingerprint density at radius 3 is 2.14 bits per heavy atom. The van der Waals surface area contributed by atoms with Crippen LogP contribution in [0.5, 0.6) is 0 Å². The van der Waals surface area contributed by atoms with Crippen molar-refractivity contribution in [3.8, 4) is 0 Å². The smallest absolute Gasteiger partial charge is 0.267 e. The van der Waals surface area contributed by atoms with Crippen LogP contribution in [0.4, 0.5) is 0 Å². The molecule has 0 unspecified atom stereocenters. The average Bonchev–Trinajstić information content (AvgIpc) is 2.72. The highest BCUT2D eigenvalue weighted by molar-refractivity contribution is 6.32. The van der Waals surface area contributed by atoms with Crippen LogP contribution in [0, 0.1) is 0 Å². The molecule has 0 radical (unpaired) electrons. The highest BCUT2D eigenvalue weighted by atomic mass is 35.5. The van der Waals surface area contributed by atoms with E-state index in [9.17, 15) is 14.4 Å². The molecule has 110 valence electrons. The lowest BCUT2D eigenvalue weighted by atomic mass is 10.1. The number of hydrogen-bond donors (Lipinski definition) is 1. The number of nitrogens with zero attached hydrogens (tertiary/aromatic N) is 1. The molecule has 1 aliphatic heterocycles. The summed E-state index contributed by atoms with van der Waals surface area (Å²) in [4.78, 5) is 36.5. The number of carbonyl (C=O) groups excluding carboxylic acids is 3. The van der Waals surface area contributed by atoms with Gasteiger partial charge < -0.3 is 0 Å². The quantitative estimate of drug-likeness (QED) is 0.858. The minimum atomic E-state index is -0.621. The van der Waals surface area contributed by atoms with Crippen LogP contribution >= 0.6 is 23.2 Å². The first-order valence-corrected chi connectivity index (χ1v) is 6.98. The van der Waals surface area contributed by atoms with Crippen molar-refractivity contribution < 1.29 is 14.4 Å². The highest BCUT2D eigenvalue weighted by Gasteiger charge is 2.37. The number of hydrazine groups is 1. The Hall–Kier alpha value is -2.37. The van der Waals surface area contributed by atoms with Gasteiger partial charge in [-0.1, -0.05) is 23.2 Å². The molecule has 1 N–H and O–H groups in total. The maximum atomic E-state index is 12.2. The van der Waals surface area contributed by atoms with E-state index >= 15 is 0 Å². The summed E-state index contributed by atoms with van der Waals surface area (Å²) in [7, 11) is 0. The van der Waals surface area contributed by atoms with E-state index in [1.807, 2.05) is 0 Å². The molecule has 22 heavy (non-hydrogen) atoms. The number of rotatable bonds is 2. The summed E-state index contributed by atoms with van der Waals surface area (Å²) in [5, 5.41) is 1.50. The molecule has 0 aromatic heterocycles. The SMILES string of the molecule is O=C(NN1C(=O)c2ccc(Cl)cc2C1=O)c1ccc(Cl)cc1. The van der Waals surface area contributed by atoms with Gasteiger partial charge in [-0.15, -0.1) is 0 Å². The van der Waals surface area contributed by atoms with Crippen LogP contribution in [-0.4, -0.2) is 22.7 Å². The predicted molar refractivity (Wildman–Crippen MR) is 80.9 cm³/mol. The van der Waals surface area contributed by atoms with E-state index in [0.717, 1.165) is 0 Å². The Morgan fingerprint density at radius 1 is 0.864 bits per heavy atom. The van der Waals surface area contributed by atoms with Crippen LogP contribution < -0.4 is 5.43 Å². The maximum absolute atomic E-state index is 12.2. The zero-order valence-electron chi connectivity index (χ0n) is 11.0. The van der Waals surface area contributed by atoms with Gasteiger partial charge in [-0.25, -0.2) is 0 Å². The summed E-state index contributed by atoms with van der Waals surface area (Å²) in [5.74, 6) is -1.80. The summed E-state index contributed by atoms with van der Waals surface area (Å²) in [5.41, 5.74) is 2.93. The first-order chi connectivity index (χ1) is 10.5. The molecule has 0 atom stereocenters. The number of fused-ring (bicyclic) bond motifs is 1. The van der Waals surface area contributed by atoms with Gasteiger partial charge in [0.2, 0.25) is 0 Å². The Morgan fingerprint density at radius 2 is 1.45 bits per heavy atom. The van der Waals surface area contributed by atoms with Crippen LogP contribution in [0.3, 0.4) is 0 Å². The summed E-state index contributed by atoms with van der Waals surface area (Å²) in [6, 6.07) is 10.4. The zero-order chi connectivity index (χ0) is 15.9. The molecule has 3 rings (SSSR count). The average molecular weight is 335 g/mol. The van der Waals surface area contributed by atoms with Gasteiger partial charge in [-0.3, -0.25) is 19.8 Å². The molecule has 1 aliphatic rings. The van der Waals surface area contributed by atoms with Crippen LogP contribution in [0.15, 0.2) is 42.5 Å². The van der Waals surface area contributed by atoms with Gasteiger partial charge >= 0.3 is 0 Å². The van der Waals surface area contributed by atoms with E-state index in [4.69, 9.17) is 23.2 Å². The molecule has 2 aromatic rings. The van der Waals surface area contributed by atoms with Crippen LogP contribution in [0.2, 0.25) is 10.0 Å². The van der Waals surface area contributed by atoms with Crippen molar-refractivity contribution in [2.45, 2.75) is 0 Å². The van der Waals surface area contributed by atoms with Gasteiger partial charge in [-0.05, 0) is 42.5 Å². The topological polar surface area (TPSA) is 66.5 Å². The first kappa shape index (κ1) is 14.6. The second-order valence-electron chi connectivity index (χ2n) is 4.58. The molecule has 0 spiro atoms. The molecular formula is C15H8Cl2N2O3. The van der Waals surface area contributed by atoms with Gasteiger partial charge in [0.05, 0.1) is 11.1 Å². The summed E-state index contributed by atoms with van der Waals surface area (Å²) in [6.45, 7) is 0. The molecule has 7 heteroatoms. The van der Waals surface area contributed by atoms with Crippen LogP contribution in [0.1, 0.15) is 31.1 Å². The van der Waals surface area contributed by atoms with Crippen molar-refractivity contribution >= 4 is 40.9 Å². The molecule has 0 fully saturated rings. The third kappa shape index (κ3) is 2.45. The normalized spacial score (nSPS) is 13.3.